The molecule has 114 valence electrons. The fourth-order valence-electron chi connectivity index (χ4n) is 3.22. The molecule has 1 aliphatic rings. The third-order valence-electron chi connectivity index (χ3n) is 4.35. The standard InChI is InChI=1S/C16H29N3O/c1-14-5-3-6-15(13-14)7-10-19-11-9-18-16(19)17-8-4-12-20-2/h9,11,14-15H,3-8,10,12-13H2,1-2H3,(H,17,18). The maximum Gasteiger partial charge on any atom is 0.202 e. The van der Waals surface area contributed by atoms with Gasteiger partial charge in [-0.15, -0.1) is 0 Å². The number of methoxy groups -OCH3 is 1. The molecule has 0 aromatic carbocycles. The average Bonchev–Trinajstić information content (AvgIpc) is 2.89. The van der Waals surface area contributed by atoms with E-state index in [9.17, 15) is 0 Å². The van der Waals surface area contributed by atoms with Crippen molar-refractivity contribution in [1.82, 2.24) is 9.55 Å². The minimum Gasteiger partial charge on any atom is -0.385 e. The van der Waals surface area contributed by atoms with Gasteiger partial charge in [0.1, 0.15) is 0 Å². The van der Waals surface area contributed by atoms with Gasteiger partial charge >= 0.3 is 0 Å². The Kier molecular flexibility index (Phi) is 6.37. The predicted octanol–water partition coefficient (Wildman–Crippen LogP) is 3.55. The largest absolute Gasteiger partial charge is 0.385 e. The van der Waals surface area contributed by atoms with Crippen LogP contribution in [0.3, 0.4) is 0 Å². The normalized spacial score (nSPS) is 22.9. The Labute approximate surface area is 122 Å². The third kappa shape index (κ3) is 4.82. The van der Waals surface area contributed by atoms with Crippen molar-refractivity contribution < 1.29 is 4.74 Å². The lowest BCUT2D eigenvalue weighted by molar-refractivity contribution is 0.197. The van der Waals surface area contributed by atoms with Crippen molar-refractivity contribution in [3.63, 3.8) is 0 Å². The Bertz CT molecular complexity index is 378. The van der Waals surface area contributed by atoms with Crippen molar-refractivity contribution in [2.45, 2.75) is 52.0 Å². The Morgan fingerprint density at radius 1 is 1.45 bits per heavy atom. The first-order valence-electron chi connectivity index (χ1n) is 8.03. The Balaban J connectivity index is 1.73. The minimum absolute atomic E-state index is 0.799. The van der Waals surface area contributed by atoms with E-state index in [2.05, 4.69) is 28.0 Å². The van der Waals surface area contributed by atoms with Gasteiger partial charge in [0.2, 0.25) is 5.95 Å². The monoisotopic (exact) mass is 279 g/mol. The number of anilines is 1. The number of nitrogens with one attached hydrogen (secondary N) is 1. The Hall–Kier alpha value is -1.03. The van der Waals surface area contributed by atoms with Crippen molar-refractivity contribution in [1.29, 1.82) is 0 Å². The molecule has 0 radical (unpaired) electrons. The van der Waals surface area contributed by atoms with Crippen LogP contribution in [0.2, 0.25) is 0 Å². The molecular weight excluding hydrogens is 250 g/mol. The highest BCUT2D eigenvalue weighted by molar-refractivity contribution is 5.25. The molecule has 1 N–H and O–H groups in total. The second-order valence-corrected chi connectivity index (χ2v) is 6.14. The van der Waals surface area contributed by atoms with Gasteiger partial charge in [0.15, 0.2) is 0 Å². The van der Waals surface area contributed by atoms with Gasteiger partial charge in [-0.2, -0.15) is 0 Å². The highest BCUT2D eigenvalue weighted by Gasteiger charge is 2.18. The van der Waals surface area contributed by atoms with E-state index in [4.69, 9.17) is 4.74 Å². The maximum absolute atomic E-state index is 5.06. The van der Waals surface area contributed by atoms with Crippen LogP contribution in [0.15, 0.2) is 12.4 Å². The molecule has 1 fully saturated rings. The molecule has 1 heterocycles. The predicted molar refractivity (Wildman–Crippen MR) is 82.9 cm³/mol. The first kappa shape index (κ1) is 15.4. The highest BCUT2D eigenvalue weighted by Crippen LogP contribution is 2.31. The lowest BCUT2D eigenvalue weighted by Crippen LogP contribution is -2.16. The quantitative estimate of drug-likeness (QED) is 0.740. The van der Waals surface area contributed by atoms with Crippen LogP contribution in [0, 0.1) is 11.8 Å². The topological polar surface area (TPSA) is 39.1 Å². The minimum atomic E-state index is 0.799. The smallest absolute Gasteiger partial charge is 0.202 e. The fraction of sp³-hybridized carbons (Fsp3) is 0.812. The average molecular weight is 279 g/mol. The molecule has 2 atom stereocenters. The number of imidazole rings is 1. The number of hydrogen-bond donors (Lipinski definition) is 1. The summed E-state index contributed by atoms with van der Waals surface area (Å²) < 4.78 is 7.32. The Morgan fingerprint density at radius 3 is 3.15 bits per heavy atom. The van der Waals surface area contributed by atoms with Crippen LogP contribution in [-0.2, 0) is 11.3 Å². The zero-order chi connectivity index (χ0) is 14.2. The highest BCUT2D eigenvalue weighted by atomic mass is 16.5. The van der Waals surface area contributed by atoms with E-state index >= 15 is 0 Å². The van der Waals surface area contributed by atoms with Gasteiger partial charge in [-0.05, 0) is 31.1 Å². The van der Waals surface area contributed by atoms with Crippen molar-refractivity contribution >= 4 is 5.95 Å². The molecule has 1 aromatic heterocycles. The van der Waals surface area contributed by atoms with Crippen LogP contribution in [0.1, 0.15) is 45.4 Å². The summed E-state index contributed by atoms with van der Waals surface area (Å²) in [6.45, 7) is 5.20. The van der Waals surface area contributed by atoms with E-state index in [-0.39, 0.29) is 0 Å². The van der Waals surface area contributed by atoms with Crippen LogP contribution in [-0.4, -0.2) is 29.8 Å². The summed E-state index contributed by atoms with van der Waals surface area (Å²) in [5.74, 6) is 2.83. The number of rotatable bonds is 8. The van der Waals surface area contributed by atoms with Gasteiger partial charge in [-0.1, -0.05) is 26.2 Å². The van der Waals surface area contributed by atoms with Crippen LogP contribution in [0.25, 0.3) is 0 Å². The zero-order valence-corrected chi connectivity index (χ0v) is 13.0. The maximum atomic E-state index is 5.06. The summed E-state index contributed by atoms with van der Waals surface area (Å²) >= 11 is 0. The number of ether oxygens (including phenoxy) is 1. The summed E-state index contributed by atoms with van der Waals surface area (Å²) in [4.78, 5) is 4.40. The summed E-state index contributed by atoms with van der Waals surface area (Å²) in [6, 6.07) is 0. The zero-order valence-electron chi connectivity index (χ0n) is 13.0. The molecule has 0 amide bonds. The van der Waals surface area contributed by atoms with E-state index < -0.39 is 0 Å². The fourth-order valence-corrected chi connectivity index (χ4v) is 3.22. The number of nitrogens with zero attached hydrogens (tertiary/aromatic N) is 2. The van der Waals surface area contributed by atoms with Crippen molar-refractivity contribution in [3.05, 3.63) is 12.4 Å². The number of aryl methyl sites for hydroxylation is 1. The summed E-state index contributed by atoms with van der Waals surface area (Å²) in [7, 11) is 1.74. The lowest BCUT2D eigenvalue weighted by atomic mass is 9.81. The van der Waals surface area contributed by atoms with Gasteiger partial charge in [-0.3, -0.25) is 0 Å². The van der Waals surface area contributed by atoms with Crippen molar-refractivity contribution in [2.75, 3.05) is 25.6 Å². The molecule has 0 saturated heterocycles. The van der Waals surface area contributed by atoms with Crippen LogP contribution in [0.5, 0.6) is 0 Å². The van der Waals surface area contributed by atoms with E-state index in [1.165, 1.54) is 32.1 Å². The summed E-state index contributed by atoms with van der Waals surface area (Å²) in [5.41, 5.74) is 0. The lowest BCUT2D eigenvalue weighted by Gasteiger charge is -2.26. The number of aromatic nitrogens is 2. The third-order valence-corrected chi connectivity index (χ3v) is 4.35. The molecule has 20 heavy (non-hydrogen) atoms. The van der Waals surface area contributed by atoms with Crippen molar-refractivity contribution in [3.8, 4) is 0 Å². The molecule has 0 spiro atoms. The van der Waals surface area contributed by atoms with Crippen LogP contribution >= 0.6 is 0 Å². The second-order valence-electron chi connectivity index (χ2n) is 6.14. The van der Waals surface area contributed by atoms with E-state index in [1.807, 2.05) is 6.20 Å². The molecule has 1 saturated carbocycles. The van der Waals surface area contributed by atoms with Gasteiger partial charge < -0.3 is 14.6 Å². The van der Waals surface area contributed by atoms with Gasteiger partial charge in [0, 0.05) is 39.2 Å². The molecule has 4 heteroatoms. The number of hydrogen-bond acceptors (Lipinski definition) is 3. The van der Waals surface area contributed by atoms with E-state index in [0.29, 0.717) is 0 Å². The molecule has 1 aliphatic carbocycles. The van der Waals surface area contributed by atoms with Gasteiger partial charge in [0.25, 0.3) is 0 Å². The van der Waals surface area contributed by atoms with Crippen LogP contribution in [0.4, 0.5) is 5.95 Å². The van der Waals surface area contributed by atoms with Gasteiger partial charge in [0.05, 0.1) is 0 Å². The van der Waals surface area contributed by atoms with E-state index in [1.54, 1.807) is 7.11 Å². The SMILES string of the molecule is COCCCNc1nccn1CCC1CCCC(C)C1. The van der Waals surface area contributed by atoms with Crippen molar-refractivity contribution in [2.24, 2.45) is 11.8 Å². The second kappa shape index (κ2) is 8.30. The first-order chi connectivity index (χ1) is 9.79. The van der Waals surface area contributed by atoms with Gasteiger partial charge in [-0.25, -0.2) is 4.98 Å². The van der Waals surface area contributed by atoms with Crippen LogP contribution < -0.4 is 5.32 Å². The molecule has 0 aliphatic heterocycles. The Morgan fingerprint density at radius 2 is 2.35 bits per heavy atom. The molecule has 1 aromatic rings. The molecule has 2 rings (SSSR count). The van der Waals surface area contributed by atoms with E-state index in [0.717, 1.165) is 43.9 Å². The molecule has 4 nitrogen and oxygen atoms in total. The summed E-state index contributed by atoms with van der Waals surface area (Å²) in [5, 5.41) is 3.40. The molecule has 0 bridgehead atoms. The molecular formula is C16H29N3O. The summed E-state index contributed by atoms with van der Waals surface area (Å²) in [6.07, 6.45) is 11.9. The first-order valence-corrected chi connectivity index (χ1v) is 8.03. The molecule has 2 unspecified atom stereocenters.